The predicted molar refractivity (Wildman–Crippen MR) is 68.7 cm³/mol. The number of nitrogens with zero attached hydrogens (tertiary/aromatic N) is 2. The van der Waals surface area contributed by atoms with Crippen LogP contribution in [-0.2, 0) is 22.9 Å². The molecule has 0 saturated carbocycles. The van der Waals surface area contributed by atoms with Gasteiger partial charge in [0.2, 0.25) is 0 Å². The van der Waals surface area contributed by atoms with Gasteiger partial charge in [-0.3, -0.25) is 0 Å². The van der Waals surface area contributed by atoms with Crippen LogP contribution in [0.3, 0.4) is 0 Å². The van der Waals surface area contributed by atoms with Crippen molar-refractivity contribution in [3.05, 3.63) is 17.7 Å². The van der Waals surface area contributed by atoms with Crippen LogP contribution in [-0.4, -0.2) is 36.5 Å². The van der Waals surface area contributed by atoms with Crippen molar-refractivity contribution in [2.75, 3.05) is 18.6 Å². The maximum atomic E-state index is 11.4. The summed E-state index contributed by atoms with van der Waals surface area (Å²) in [7, 11) is -0.977. The second-order valence-electron chi connectivity index (χ2n) is 4.07. The number of hydrogen-bond acceptors (Lipinski definition) is 4. The summed E-state index contributed by atoms with van der Waals surface area (Å²) in [5, 5.41) is 3.08. The van der Waals surface area contributed by atoms with Crippen molar-refractivity contribution < 1.29 is 8.42 Å². The van der Waals surface area contributed by atoms with Gasteiger partial charge in [0.25, 0.3) is 0 Å². The average Bonchev–Trinajstić information content (AvgIpc) is 2.62. The fraction of sp³-hybridized carbons (Fsp3) is 0.727. The van der Waals surface area contributed by atoms with Crippen LogP contribution in [0.4, 0.5) is 0 Å². The van der Waals surface area contributed by atoms with Crippen LogP contribution in [0.15, 0.2) is 6.20 Å². The summed E-state index contributed by atoms with van der Waals surface area (Å²) in [4.78, 5) is 4.24. The zero-order valence-electron chi connectivity index (χ0n) is 10.7. The summed E-state index contributed by atoms with van der Waals surface area (Å²) in [6.45, 7) is 5.08. The highest BCUT2D eigenvalue weighted by molar-refractivity contribution is 7.91. The Morgan fingerprint density at radius 1 is 1.47 bits per heavy atom. The summed E-state index contributed by atoms with van der Waals surface area (Å²) < 4.78 is 24.8. The normalized spacial score (nSPS) is 11.9. The molecule has 1 heterocycles. The minimum atomic E-state index is -2.86. The van der Waals surface area contributed by atoms with Gasteiger partial charge in [-0.25, -0.2) is 13.4 Å². The Balaban J connectivity index is 2.60. The molecule has 1 N–H and O–H groups in total. The maximum Gasteiger partial charge on any atom is 0.150 e. The van der Waals surface area contributed by atoms with Gasteiger partial charge < -0.3 is 9.88 Å². The fourth-order valence-electron chi connectivity index (χ4n) is 1.73. The van der Waals surface area contributed by atoms with E-state index in [0.717, 1.165) is 18.1 Å². The predicted octanol–water partition coefficient (Wildman–Crippen LogP) is 0.736. The number of hydrogen-bond donors (Lipinski definition) is 1. The lowest BCUT2D eigenvalue weighted by molar-refractivity contribution is 0.578. The van der Waals surface area contributed by atoms with E-state index in [2.05, 4.69) is 14.9 Å². The minimum absolute atomic E-state index is 0.222. The van der Waals surface area contributed by atoms with Crippen molar-refractivity contribution in [1.29, 1.82) is 0 Å². The van der Waals surface area contributed by atoms with E-state index in [-0.39, 0.29) is 11.5 Å². The SMILES string of the molecule is CCS(=O)(=O)CCCn1c(CNC)cnc1C. The lowest BCUT2D eigenvalue weighted by Gasteiger charge is -2.09. The number of nitrogens with one attached hydrogen (secondary N) is 1. The maximum absolute atomic E-state index is 11.4. The van der Waals surface area contributed by atoms with Gasteiger partial charge in [-0.05, 0) is 20.4 Å². The van der Waals surface area contributed by atoms with Gasteiger partial charge in [-0.15, -0.1) is 0 Å². The van der Waals surface area contributed by atoms with Crippen LogP contribution in [0.25, 0.3) is 0 Å². The molecule has 0 aliphatic rings. The summed E-state index contributed by atoms with van der Waals surface area (Å²) >= 11 is 0. The summed E-state index contributed by atoms with van der Waals surface area (Å²) in [6.07, 6.45) is 2.48. The second-order valence-corrected chi connectivity index (χ2v) is 6.54. The molecular formula is C11H21N3O2S. The van der Waals surface area contributed by atoms with Crippen LogP contribution in [0.2, 0.25) is 0 Å². The quantitative estimate of drug-likeness (QED) is 0.784. The molecule has 0 bridgehead atoms. The third kappa shape index (κ3) is 4.12. The molecule has 0 amide bonds. The highest BCUT2D eigenvalue weighted by atomic mass is 32.2. The van der Waals surface area contributed by atoms with Crippen molar-refractivity contribution in [1.82, 2.24) is 14.9 Å². The molecule has 1 aromatic rings. The Morgan fingerprint density at radius 2 is 2.18 bits per heavy atom. The standard InChI is InChI=1S/C11H21N3O2S/c1-4-17(15,16)7-5-6-14-10(2)13-9-11(14)8-12-3/h9,12H,4-8H2,1-3H3. The lowest BCUT2D eigenvalue weighted by atomic mass is 10.4. The molecular weight excluding hydrogens is 238 g/mol. The van der Waals surface area contributed by atoms with Crippen molar-refractivity contribution in [2.45, 2.75) is 33.4 Å². The van der Waals surface area contributed by atoms with Gasteiger partial charge in [0, 0.05) is 25.0 Å². The third-order valence-electron chi connectivity index (χ3n) is 2.77. The van der Waals surface area contributed by atoms with E-state index in [1.807, 2.05) is 20.2 Å². The van der Waals surface area contributed by atoms with Crippen LogP contribution < -0.4 is 5.32 Å². The Labute approximate surface area is 103 Å². The monoisotopic (exact) mass is 259 g/mol. The molecule has 98 valence electrons. The molecule has 0 unspecified atom stereocenters. The van der Waals surface area contributed by atoms with Gasteiger partial charge in [-0.2, -0.15) is 0 Å². The molecule has 0 aliphatic carbocycles. The highest BCUT2D eigenvalue weighted by Crippen LogP contribution is 2.06. The van der Waals surface area contributed by atoms with E-state index in [0.29, 0.717) is 13.0 Å². The van der Waals surface area contributed by atoms with Crippen molar-refractivity contribution >= 4 is 9.84 Å². The summed E-state index contributed by atoms with van der Waals surface area (Å²) in [5.41, 5.74) is 1.10. The molecule has 0 radical (unpaired) electrons. The lowest BCUT2D eigenvalue weighted by Crippen LogP contribution is -2.15. The molecule has 0 atom stereocenters. The third-order valence-corrected chi connectivity index (χ3v) is 4.56. The van der Waals surface area contributed by atoms with E-state index in [1.165, 1.54) is 0 Å². The molecule has 0 spiro atoms. The zero-order valence-corrected chi connectivity index (χ0v) is 11.5. The molecule has 5 nitrogen and oxygen atoms in total. The fourth-order valence-corrected chi connectivity index (χ4v) is 2.59. The Morgan fingerprint density at radius 3 is 2.76 bits per heavy atom. The van der Waals surface area contributed by atoms with E-state index >= 15 is 0 Å². The van der Waals surface area contributed by atoms with E-state index in [1.54, 1.807) is 6.92 Å². The van der Waals surface area contributed by atoms with Crippen molar-refractivity contribution in [3.8, 4) is 0 Å². The molecule has 1 rings (SSSR count). The van der Waals surface area contributed by atoms with E-state index in [4.69, 9.17) is 0 Å². The minimum Gasteiger partial charge on any atom is -0.331 e. The van der Waals surface area contributed by atoms with E-state index in [9.17, 15) is 8.42 Å². The van der Waals surface area contributed by atoms with Crippen LogP contribution in [0.1, 0.15) is 24.9 Å². The average molecular weight is 259 g/mol. The van der Waals surface area contributed by atoms with Gasteiger partial charge in [-0.1, -0.05) is 6.92 Å². The number of rotatable bonds is 7. The van der Waals surface area contributed by atoms with Crippen LogP contribution in [0.5, 0.6) is 0 Å². The van der Waals surface area contributed by atoms with Gasteiger partial charge in [0.1, 0.15) is 15.7 Å². The van der Waals surface area contributed by atoms with Crippen LogP contribution >= 0.6 is 0 Å². The Bertz CT molecular complexity index is 451. The van der Waals surface area contributed by atoms with Gasteiger partial charge >= 0.3 is 0 Å². The topological polar surface area (TPSA) is 64.0 Å². The number of sulfone groups is 1. The smallest absolute Gasteiger partial charge is 0.150 e. The number of aromatic nitrogens is 2. The number of aryl methyl sites for hydroxylation is 1. The summed E-state index contributed by atoms with van der Waals surface area (Å²) in [6, 6.07) is 0. The van der Waals surface area contributed by atoms with Crippen molar-refractivity contribution in [3.63, 3.8) is 0 Å². The Hall–Kier alpha value is -0.880. The highest BCUT2D eigenvalue weighted by Gasteiger charge is 2.09. The number of imidazole rings is 1. The molecule has 0 fully saturated rings. The molecule has 1 aromatic heterocycles. The first-order valence-corrected chi connectivity index (χ1v) is 7.68. The van der Waals surface area contributed by atoms with Crippen LogP contribution in [0, 0.1) is 6.92 Å². The summed E-state index contributed by atoms with van der Waals surface area (Å²) in [5.74, 6) is 1.41. The second kappa shape index (κ2) is 6.16. The van der Waals surface area contributed by atoms with Gasteiger partial charge in [0.15, 0.2) is 0 Å². The zero-order chi connectivity index (χ0) is 12.9. The first-order valence-electron chi connectivity index (χ1n) is 5.86. The van der Waals surface area contributed by atoms with Gasteiger partial charge in [0.05, 0.1) is 11.4 Å². The first kappa shape index (κ1) is 14.2. The first-order chi connectivity index (χ1) is 8.00. The van der Waals surface area contributed by atoms with E-state index < -0.39 is 9.84 Å². The molecule has 0 aromatic carbocycles. The Kier molecular flexibility index (Phi) is 5.14. The molecule has 0 saturated heterocycles. The largest absolute Gasteiger partial charge is 0.331 e. The molecule has 17 heavy (non-hydrogen) atoms. The molecule has 6 heteroatoms. The molecule has 0 aliphatic heterocycles. The van der Waals surface area contributed by atoms with Crippen molar-refractivity contribution in [2.24, 2.45) is 0 Å².